The monoisotopic (exact) mass is 282 g/mol. The Labute approximate surface area is 124 Å². The van der Waals surface area contributed by atoms with Crippen molar-refractivity contribution in [3.63, 3.8) is 0 Å². The maximum absolute atomic E-state index is 11.2. The first-order valence-corrected chi connectivity index (χ1v) is 6.84. The number of hydrogen-bond donors (Lipinski definition) is 1. The predicted octanol–water partition coefficient (Wildman–Crippen LogP) is 4.00. The number of hydrogen-bond acceptors (Lipinski definition) is 3. The van der Waals surface area contributed by atoms with Gasteiger partial charge in [0.25, 0.3) is 5.69 Å². The second-order valence-corrected chi connectivity index (χ2v) is 4.76. The van der Waals surface area contributed by atoms with Crippen LogP contribution in [0.2, 0.25) is 0 Å². The largest absolute Gasteiger partial charge is 0.305 e. The van der Waals surface area contributed by atoms with Crippen LogP contribution in [0.15, 0.2) is 67.3 Å². The molecule has 108 valence electrons. The summed E-state index contributed by atoms with van der Waals surface area (Å²) in [5, 5.41) is 14.5. The Morgan fingerprint density at radius 2 is 1.81 bits per heavy atom. The van der Waals surface area contributed by atoms with E-state index in [-0.39, 0.29) is 16.7 Å². The molecule has 0 bridgehead atoms. The lowest BCUT2D eigenvalue weighted by atomic mass is 10.0. The second kappa shape index (κ2) is 7.36. The van der Waals surface area contributed by atoms with E-state index < -0.39 is 0 Å². The normalized spacial score (nSPS) is 11.8. The Hall–Kier alpha value is -2.46. The minimum Gasteiger partial charge on any atom is -0.305 e. The van der Waals surface area contributed by atoms with Crippen molar-refractivity contribution >= 4 is 5.69 Å². The Bertz CT molecular complexity index is 611. The molecule has 2 aromatic rings. The average molecular weight is 282 g/mol. The average Bonchev–Trinajstić information content (AvgIpc) is 2.52. The highest BCUT2D eigenvalue weighted by molar-refractivity contribution is 5.42. The minimum absolute atomic E-state index is 0.121. The molecule has 0 saturated heterocycles. The summed E-state index contributed by atoms with van der Waals surface area (Å²) in [7, 11) is 0. The number of nitro groups is 1. The lowest BCUT2D eigenvalue weighted by Gasteiger charge is -2.17. The Morgan fingerprint density at radius 1 is 1.14 bits per heavy atom. The molecular formula is C17H18N2O2. The molecule has 0 saturated carbocycles. The highest BCUT2D eigenvalue weighted by Crippen LogP contribution is 2.27. The molecule has 1 atom stereocenters. The van der Waals surface area contributed by atoms with Gasteiger partial charge in [-0.15, -0.1) is 6.58 Å². The summed E-state index contributed by atoms with van der Waals surface area (Å²) in [6.07, 6.45) is 2.41. The zero-order chi connectivity index (χ0) is 15.1. The highest BCUT2D eigenvalue weighted by atomic mass is 16.6. The van der Waals surface area contributed by atoms with Gasteiger partial charge in [-0.25, -0.2) is 0 Å². The van der Waals surface area contributed by atoms with Gasteiger partial charge in [-0.1, -0.05) is 54.6 Å². The van der Waals surface area contributed by atoms with E-state index in [9.17, 15) is 10.1 Å². The topological polar surface area (TPSA) is 55.2 Å². The number of nitrogens with one attached hydrogen (secondary N) is 1. The molecule has 0 radical (unpaired) electrons. The zero-order valence-corrected chi connectivity index (χ0v) is 11.7. The predicted molar refractivity (Wildman–Crippen MR) is 83.9 cm³/mol. The van der Waals surface area contributed by atoms with E-state index in [2.05, 4.69) is 11.9 Å². The molecule has 0 heterocycles. The fraction of sp³-hybridized carbons (Fsp3) is 0.176. The van der Waals surface area contributed by atoms with Crippen LogP contribution >= 0.6 is 0 Å². The molecule has 1 N–H and O–H groups in total. The number of para-hydroxylation sites is 1. The summed E-state index contributed by atoms with van der Waals surface area (Å²) < 4.78 is 0. The van der Waals surface area contributed by atoms with Gasteiger partial charge < -0.3 is 5.32 Å². The quantitative estimate of drug-likeness (QED) is 0.474. The summed E-state index contributed by atoms with van der Waals surface area (Å²) >= 11 is 0. The molecule has 0 aliphatic carbocycles. The molecule has 0 aliphatic rings. The van der Waals surface area contributed by atoms with Crippen molar-refractivity contribution < 1.29 is 4.92 Å². The molecule has 1 unspecified atom stereocenters. The molecule has 21 heavy (non-hydrogen) atoms. The lowest BCUT2D eigenvalue weighted by molar-refractivity contribution is -0.385. The third-order valence-corrected chi connectivity index (χ3v) is 3.31. The smallest absolute Gasteiger partial charge is 0.274 e. The third kappa shape index (κ3) is 4.00. The maximum atomic E-state index is 11.2. The van der Waals surface area contributed by atoms with E-state index in [1.165, 1.54) is 6.07 Å². The van der Waals surface area contributed by atoms with E-state index in [0.717, 1.165) is 5.56 Å². The summed E-state index contributed by atoms with van der Waals surface area (Å²) in [5.41, 5.74) is 1.98. The molecule has 2 aromatic carbocycles. The van der Waals surface area contributed by atoms with Gasteiger partial charge in [0.1, 0.15) is 0 Å². The van der Waals surface area contributed by atoms with E-state index in [1.54, 1.807) is 18.2 Å². The van der Waals surface area contributed by atoms with E-state index in [0.29, 0.717) is 18.5 Å². The number of rotatable bonds is 7. The number of nitro benzene ring substituents is 1. The fourth-order valence-electron chi connectivity index (χ4n) is 2.27. The second-order valence-electron chi connectivity index (χ2n) is 4.76. The van der Waals surface area contributed by atoms with Gasteiger partial charge in [-0.3, -0.25) is 10.1 Å². The van der Waals surface area contributed by atoms with Crippen LogP contribution in [-0.4, -0.2) is 4.92 Å². The molecule has 0 fully saturated rings. The van der Waals surface area contributed by atoms with E-state index in [1.807, 2.05) is 36.4 Å². The lowest BCUT2D eigenvalue weighted by Crippen LogP contribution is -2.21. The van der Waals surface area contributed by atoms with Gasteiger partial charge in [0, 0.05) is 24.2 Å². The van der Waals surface area contributed by atoms with Crippen LogP contribution in [0, 0.1) is 10.1 Å². The van der Waals surface area contributed by atoms with Gasteiger partial charge in [-0.05, 0) is 12.0 Å². The van der Waals surface area contributed by atoms with Crippen molar-refractivity contribution in [2.75, 3.05) is 0 Å². The zero-order valence-electron chi connectivity index (χ0n) is 11.7. The molecular weight excluding hydrogens is 264 g/mol. The number of nitrogens with zero attached hydrogens (tertiary/aromatic N) is 1. The van der Waals surface area contributed by atoms with Crippen molar-refractivity contribution in [1.29, 1.82) is 0 Å². The standard InChI is InChI=1S/C17H18N2O2/c1-2-8-16(18-13-14-9-4-3-5-10-14)15-11-6-7-12-17(15)19(20)21/h2-7,9-12,16,18H,1,8,13H2. The van der Waals surface area contributed by atoms with Gasteiger partial charge >= 0.3 is 0 Å². The van der Waals surface area contributed by atoms with E-state index >= 15 is 0 Å². The van der Waals surface area contributed by atoms with Crippen LogP contribution < -0.4 is 5.32 Å². The van der Waals surface area contributed by atoms with Crippen LogP contribution in [-0.2, 0) is 6.54 Å². The maximum Gasteiger partial charge on any atom is 0.274 e. The van der Waals surface area contributed by atoms with Crippen molar-refractivity contribution in [2.45, 2.75) is 19.0 Å². The first-order valence-electron chi connectivity index (χ1n) is 6.84. The molecule has 4 nitrogen and oxygen atoms in total. The first kappa shape index (κ1) is 14.9. The summed E-state index contributed by atoms with van der Waals surface area (Å²) in [6.45, 7) is 4.40. The first-order chi connectivity index (χ1) is 10.2. The van der Waals surface area contributed by atoms with Crippen LogP contribution in [0.25, 0.3) is 0 Å². The summed E-state index contributed by atoms with van der Waals surface area (Å²) in [6, 6.07) is 16.7. The van der Waals surface area contributed by atoms with Crippen molar-refractivity contribution in [2.24, 2.45) is 0 Å². The van der Waals surface area contributed by atoms with Crippen LogP contribution in [0.4, 0.5) is 5.69 Å². The van der Waals surface area contributed by atoms with Crippen LogP contribution in [0.3, 0.4) is 0 Å². The summed E-state index contributed by atoms with van der Waals surface area (Å²) in [5.74, 6) is 0. The van der Waals surface area contributed by atoms with Gasteiger partial charge in [0.05, 0.1) is 4.92 Å². The van der Waals surface area contributed by atoms with Gasteiger partial charge in [-0.2, -0.15) is 0 Å². The number of benzene rings is 2. The molecule has 0 amide bonds. The van der Waals surface area contributed by atoms with Crippen LogP contribution in [0.5, 0.6) is 0 Å². The van der Waals surface area contributed by atoms with Crippen molar-refractivity contribution in [3.8, 4) is 0 Å². The fourth-order valence-corrected chi connectivity index (χ4v) is 2.27. The molecule has 0 aromatic heterocycles. The van der Waals surface area contributed by atoms with Crippen molar-refractivity contribution in [3.05, 3.63) is 88.5 Å². The highest BCUT2D eigenvalue weighted by Gasteiger charge is 2.20. The minimum atomic E-state index is -0.338. The molecule has 0 aliphatic heterocycles. The molecule has 2 rings (SSSR count). The van der Waals surface area contributed by atoms with Gasteiger partial charge in [0.15, 0.2) is 0 Å². The molecule has 4 heteroatoms. The Morgan fingerprint density at radius 3 is 2.48 bits per heavy atom. The SMILES string of the molecule is C=CCC(NCc1ccccc1)c1ccccc1[N+](=O)[O-]. The Kier molecular flexibility index (Phi) is 5.23. The Balaban J connectivity index is 2.19. The van der Waals surface area contributed by atoms with E-state index in [4.69, 9.17) is 0 Å². The molecule has 0 spiro atoms. The van der Waals surface area contributed by atoms with Gasteiger partial charge in [0.2, 0.25) is 0 Å². The third-order valence-electron chi connectivity index (χ3n) is 3.31. The summed E-state index contributed by atoms with van der Waals surface area (Å²) in [4.78, 5) is 10.8. The van der Waals surface area contributed by atoms with Crippen molar-refractivity contribution in [1.82, 2.24) is 5.32 Å². The van der Waals surface area contributed by atoms with Crippen LogP contribution in [0.1, 0.15) is 23.6 Å².